The topological polar surface area (TPSA) is 139 Å². The maximum Gasteiger partial charge on any atom is 0.326 e. The first-order valence-corrected chi connectivity index (χ1v) is 11.4. The zero-order chi connectivity index (χ0) is 24.1. The van der Waals surface area contributed by atoms with Crippen LogP contribution in [0.5, 0.6) is 0 Å². The molecule has 2 aromatic rings. The number of nitrogen functional groups attached to an aromatic ring is 1. The van der Waals surface area contributed by atoms with Gasteiger partial charge in [-0.25, -0.2) is 22.3 Å². The van der Waals surface area contributed by atoms with Gasteiger partial charge in [-0.15, -0.1) is 0 Å². The molecule has 0 unspecified atom stereocenters. The Kier molecular flexibility index (Phi) is 7.97. The van der Waals surface area contributed by atoms with Gasteiger partial charge in [0.25, 0.3) is 0 Å². The van der Waals surface area contributed by atoms with Crippen LogP contribution in [0.1, 0.15) is 31.9 Å². The van der Waals surface area contributed by atoms with Gasteiger partial charge in [-0.1, -0.05) is 24.3 Å². The molecule has 0 fully saturated rings. The van der Waals surface area contributed by atoms with E-state index < -0.39 is 44.5 Å². The standard InChI is InChI=1S/C22H28FN3O5S/c1-22(2,3)32(30,31)26-18(12-15-6-10-17(24)11-7-15)20(27)25-19(21(28)29)13-14-4-8-16(23)9-5-14/h4-11,18-19,26H,12-13,24H2,1-3H3,(H,25,27)(H,28,29)/t18-,19-/m0/s1. The minimum absolute atomic E-state index is 0.00961. The number of hydrogen-bond donors (Lipinski definition) is 4. The third-order valence-electron chi connectivity index (χ3n) is 4.81. The highest BCUT2D eigenvalue weighted by Crippen LogP contribution is 2.16. The lowest BCUT2D eigenvalue weighted by atomic mass is 10.0. The predicted octanol–water partition coefficient (Wildman–Crippen LogP) is 1.85. The van der Waals surface area contributed by atoms with Gasteiger partial charge in [-0.3, -0.25) is 4.79 Å². The number of carbonyl (C=O) groups excluding carboxylic acids is 1. The van der Waals surface area contributed by atoms with E-state index in [0.29, 0.717) is 16.8 Å². The third-order valence-corrected chi connectivity index (χ3v) is 7.01. The molecule has 0 bridgehead atoms. The van der Waals surface area contributed by atoms with Crippen molar-refractivity contribution in [2.75, 3.05) is 5.73 Å². The number of nitrogens with one attached hydrogen (secondary N) is 2. The first-order chi connectivity index (χ1) is 14.8. The molecule has 0 spiro atoms. The normalized spacial score (nSPS) is 13.9. The van der Waals surface area contributed by atoms with Crippen LogP contribution in [0.2, 0.25) is 0 Å². The SMILES string of the molecule is CC(C)(C)S(=O)(=O)N[C@@H](Cc1ccc(N)cc1)C(=O)N[C@@H](Cc1ccc(F)cc1)C(=O)O. The summed E-state index contributed by atoms with van der Waals surface area (Å²) in [4.78, 5) is 24.7. The minimum Gasteiger partial charge on any atom is -0.480 e. The molecule has 0 aliphatic heterocycles. The summed E-state index contributed by atoms with van der Waals surface area (Å²) in [5.74, 6) is -2.55. The van der Waals surface area contributed by atoms with Gasteiger partial charge in [-0.2, -0.15) is 0 Å². The number of aliphatic carboxylic acids is 1. The number of hydrogen-bond acceptors (Lipinski definition) is 5. The second-order valence-corrected chi connectivity index (χ2v) is 10.9. The average molecular weight is 466 g/mol. The number of benzene rings is 2. The summed E-state index contributed by atoms with van der Waals surface area (Å²) in [5.41, 5.74) is 7.33. The van der Waals surface area contributed by atoms with Gasteiger partial charge in [0.15, 0.2) is 0 Å². The van der Waals surface area contributed by atoms with Crippen molar-refractivity contribution in [3.8, 4) is 0 Å². The maximum absolute atomic E-state index is 13.1. The monoisotopic (exact) mass is 465 g/mol. The fourth-order valence-electron chi connectivity index (χ4n) is 2.77. The van der Waals surface area contributed by atoms with E-state index in [1.807, 2.05) is 0 Å². The molecule has 0 radical (unpaired) electrons. The number of anilines is 1. The molecule has 0 saturated heterocycles. The van der Waals surface area contributed by atoms with Crippen LogP contribution in [0.4, 0.5) is 10.1 Å². The summed E-state index contributed by atoms with van der Waals surface area (Å²) in [6.07, 6.45) is -0.105. The molecule has 2 rings (SSSR count). The van der Waals surface area contributed by atoms with Crippen molar-refractivity contribution < 1.29 is 27.5 Å². The molecule has 5 N–H and O–H groups in total. The summed E-state index contributed by atoms with van der Waals surface area (Å²) >= 11 is 0. The Morgan fingerprint density at radius 3 is 1.91 bits per heavy atom. The predicted molar refractivity (Wildman–Crippen MR) is 120 cm³/mol. The zero-order valence-corrected chi connectivity index (χ0v) is 18.9. The van der Waals surface area contributed by atoms with Crippen LogP contribution in [0, 0.1) is 5.82 Å². The Morgan fingerprint density at radius 2 is 1.44 bits per heavy atom. The molecule has 2 atom stereocenters. The van der Waals surface area contributed by atoms with Crippen LogP contribution >= 0.6 is 0 Å². The smallest absolute Gasteiger partial charge is 0.326 e. The van der Waals surface area contributed by atoms with Crippen molar-refractivity contribution in [1.82, 2.24) is 10.0 Å². The highest BCUT2D eigenvalue weighted by Gasteiger charge is 2.35. The van der Waals surface area contributed by atoms with Crippen molar-refractivity contribution in [3.05, 3.63) is 65.5 Å². The second kappa shape index (κ2) is 10.1. The van der Waals surface area contributed by atoms with E-state index in [1.54, 1.807) is 24.3 Å². The van der Waals surface area contributed by atoms with E-state index in [2.05, 4.69) is 10.0 Å². The van der Waals surface area contributed by atoms with E-state index in [4.69, 9.17) is 5.73 Å². The van der Waals surface area contributed by atoms with E-state index in [1.165, 1.54) is 45.0 Å². The molecule has 174 valence electrons. The summed E-state index contributed by atoms with van der Waals surface area (Å²) in [7, 11) is -3.91. The molecule has 0 saturated carbocycles. The van der Waals surface area contributed by atoms with E-state index in [-0.39, 0.29) is 12.8 Å². The van der Waals surface area contributed by atoms with Crippen LogP contribution in [0.25, 0.3) is 0 Å². The number of rotatable bonds is 9. The van der Waals surface area contributed by atoms with Gasteiger partial charge in [0.05, 0.1) is 4.75 Å². The Labute approximate surface area is 187 Å². The zero-order valence-electron chi connectivity index (χ0n) is 18.1. The summed E-state index contributed by atoms with van der Waals surface area (Å²) in [6.45, 7) is 4.46. The van der Waals surface area contributed by atoms with Gasteiger partial charge < -0.3 is 16.2 Å². The van der Waals surface area contributed by atoms with Gasteiger partial charge in [0.1, 0.15) is 17.9 Å². The number of carbonyl (C=O) groups is 2. The van der Waals surface area contributed by atoms with Crippen LogP contribution in [0.3, 0.4) is 0 Å². The van der Waals surface area contributed by atoms with E-state index in [9.17, 15) is 27.5 Å². The Bertz CT molecular complexity index is 1050. The Morgan fingerprint density at radius 1 is 0.969 bits per heavy atom. The number of carboxylic acids is 1. The summed E-state index contributed by atoms with van der Waals surface area (Å²) in [6, 6.07) is 9.21. The Balaban J connectivity index is 2.26. The van der Waals surface area contributed by atoms with E-state index in [0.717, 1.165) is 0 Å². The molecule has 0 aliphatic carbocycles. The lowest BCUT2D eigenvalue weighted by Crippen LogP contribution is -2.55. The van der Waals surface area contributed by atoms with Crippen LogP contribution in [-0.4, -0.2) is 42.2 Å². The minimum atomic E-state index is -3.91. The maximum atomic E-state index is 13.1. The molecule has 0 aromatic heterocycles. The molecule has 10 heteroatoms. The fourth-order valence-corrected chi connectivity index (χ4v) is 3.69. The van der Waals surface area contributed by atoms with Crippen molar-refractivity contribution >= 4 is 27.6 Å². The largest absolute Gasteiger partial charge is 0.480 e. The molecule has 2 aromatic carbocycles. The van der Waals surface area contributed by atoms with Crippen LogP contribution < -0.4 is 15.8 Å². The fraction of sp³-hybridized carbons (Fsp3) is 0.364. The third kappa shape index (κ3) is 7.03. The first kappa shape index (κ1) is 25.3. The highest BCUT2D eigenvalue weighted by atomic mass is 32.2. The van der Waals surface area contributed by atoms with Gasteiger partial charge in [-0.05, 0) is 62.6 Å². The van der Waals surface area contributed by atoms with Crippen LogP contribution in [-0.2, 0) is 32.5 Å². The molecular formula is C22H28FN3O5S. The second-order valence-electron chi connectivity index (χ2n) is 8.46. The summed E-state index contributed by atoms with van der Waals surface area (Å²) < 4.78 is 39.7. The lowest BCUT2D eigenvalue weighted by Gasteiger charge is -2.26. The molecule has 1 amide bonds. The average Bonchev–Trinajstić information content (AvgIpc) is 2.69. The van der Waals surface area contributed by atoms with Crippen molar-refractivity contribution in [1.29, 1.82) is 0 Å². The van der Waals surface area contributed by atoms with Crippen LogP contribution in [0.15, 0.2) is 48.5 Å². The number of sulfonamides is 1. The van der Waals surface area contributed by atoms with Crippen molar-refractivity contribution in [2.45, 2.75) is 50.4 Å². The van der Waals surface area contributed by atoms with Crippen molar-refractivity contribution in [3.63, 3.8) is 0 Å². The molecular weight excluding hydrogens is 437 g/mol. The molecule has 8 nitrogen and oxygen atoms in total. The first-order valence-electron chi connectivity index (χ1n) is 9.92. The Hall–Kier alpha value is -2.98. The summed E-state index contributed by atoms with van der Waals surface area (Å²) in [5, 5.41) is 12.0. The molecule has 0 heterocycles. The highest BCUT2D eigenvalue weighted by molar-refractivity contribution is 7.90. The lowest BCUT2D eigenvalue weighted by molar-refractivity contribution is -0.142. The van der Waals surface area contributed by atoms with Gasteiger partial charge >= 0.3 is 5.97 Å². The molecule has 0 aliphatic rings. The number of nitrogens with two attached hydrogens (primary N) is 1. The van der Waals surface area contributed by atoms with Gasteiger partial charge in [0.2, 0.25) is 15.9 Å². The molecule has 32 heavy (non-hydrogen) atoms. The number of amides is 1. The van der Waals surface area contributed by atoms with Crippen molar-refractivity contribution in [2.24, 2.45) is 0 Å². The number of halogens is 1. The quantitative estimate of drug-likeness (QED) is 0.417. The number of carboxylic acid groups (broad SMARTS) is 1. The van der Waals surface area contributed by atoms with E-state index >= 15 is 0 Å². The van der Waals surface area contributed by atoms with Gasteiger partial charge in [0, 0.05) is 12.1 Å².